The molecule has 1 saturated carbocycles. The second kappa shape index (κ2) is 9.15. The van der Waals surface area contributed by atoms with Crippen LogP contribution >= 0.6 is 0 Å². The van der Waals surface area contributed by atoms with Gasteiger partial charge < -0.3 is 10.2 Å². The van der Waals surface area contributed by atoms with Gasteiger partial charge in [-0.15, -0.1) is 0 Å². The lowest BCUT2D eigenvalue weighted by atomic mass is 9.69. The molecule has 1 rings (SSSR count). The second-order valence-corrected chi connectivity index (χ2v) is 8.08. The van der Waals surface area contributed by atoms with Gasteiger partial charge in [0.1, 0.15) is 0 Å². The van der Waals surface area contributed by atoms with Gasteiger partial charge in [0.2, 0.25) is 0 Å². The summed E-state index contributed by atoms with van der Waals surface area (Å²) in [4.78, 5) is 2.72. The maximum atomic E-state index is 3.75. The summed E-state index contributed by atoms with van der Waals surface area (Å²) in [5, 5.41) is 3.75. The Hall–Kier alpha value is -0.0800. The first-order chi connectivity index (χ1) is 9.90. The molecule has 0 radical (unpaired) electrons. The van der Waals surface area contributed by atoms with Crippen LogP contribution in [-0.2, 0) is 0 Å². The van der Waals surface area contributed by atoms with E-state index in [2.05, 4.69) is 51.8 Å². The van der Waals surface area contributed by atoms with Crippen molar-refractivity contribution in [2.24, 2.45) is 17.3 Å². The highest BCUT2D eigenvalue weighted by molar-refractivity contribution is 4.90. The molecule has 0 aliphatic heterocycles. The number of nitrogens with zero attached hydrogens (tertiary/aromatic N) is 1. The Morgan fingerprint density at radius 1 is 1.24 bits per heavy atom. The zero-order valence-corrected chi connectivity index (χ0v) is 15.5. The molecule has 0 amide bonds. The number of rotatable bonds is 9. The van der Waals surface area contributed by atoms with E-state index in [4.69, 9.17) is 0 Å². The van der Waals surface area contributed by atoms with Crippen LogP contribution in [0.3, 0.4) is 0 Å². The fourth-order valence-electron chi connectivity index (χ4n) is 3.90. The van der Waals surface area contributed by atoms with Gasteiger partial charge in [-0.1, -0.05) is 60.8 Å². The Kier molecular flexibility index (Phi) is 8.26. The van der Waals surface area contributed by atoms with Crippen LogP contribution in [0, 0.1) is 17.3 Å². The zero-order chi connectivity index (χ0) is 15.9. The van der Waals surface area contributed by atoms with Crippen molar-refractivity contribution in [3.8, 4) is 0 Å². The van der Waals surface area contributed by atoms with E-state index in [1.165, 1.54) is 58.3 Å². The van der Waals surface area contributed by atoms with Crippen molar-refractivity contribution in [2.45, 2.75) is 79.7 Å². The minimum Gasteiger partial charge on any atom is -0.314 e. The molecule has 2 heteroatoms. The lowest BCUT2D eigenvalue weighted by Gasteiger charge is -2.44. The Bertz CT molecular complexity index is 277. The van der Waals surface area contributed by atoms with Gasteiger partial charge >= 0.3 is 0 Å². The highest BCUT2D eigenvalue weighted by Crippen LogP contribution is 2.39. The lowest BCUT2D eigenvalue weighted by molar-refractivity contribution is 0.0735. The van der Waals surface area contributed by atoms with E-state index >= 15 is 0 Å². The Balaban J connectivity index is 2.70. The van der Waals surface area contributed by atoms with Crippen molar-refractivity contribution in [1.29, 1.82) is 0 Å². The largest absolute Gasteiger partial charge is 0.314 e. The predicted octanol–water partition coefficient (Wildman–Crippen LogP) is 4.55. The fraction of sp³-hybridized carbons (Fsp3) is 1.00. The number of hydrogen-bond acceptors (Lipinski definition) is 2. The van der Waals surface area contributed by atoms with Crippen LogP contribution in [0.2, 0.25) is 0 Å². The van der Waals surface area contributed by atoms with Gasteiger partial charge in [-0.25, -0.2) is 0 Å². The van der Waals surface area contributed by atoms with Crippen molar-refractivity contribution < 1.29 is 0 Å². The molecule has 0 aromatic rings. The van der Waals surface area contributed by atoms with Gasteiger partial charge in [0.05, 0.1) is 0 Å². The van der Waals surface area contributed by atoms with E-state index in [-0.39, 0.29) is 0 Å². The van der Waals surface area contributed by atoms with E-state index in [1.54, 1.807) is 0 Å². The first-order valence-electron chi connectivity index (χ1n) is 9.36. The monoisotopic (exact) mass is 296 g/mol. The van der Waals surface area contributed by atoms with Crippen LogP contribution in [0.25, 0.3) is 0 Å². The average Bonchev–Trinajstić information content (AvgIpc) is 2.44. The molecule has 1 aliphatic carbocycles. The summed E-state index contributed by atoms with van der Waals surface area (Å²) in [5.41, 5.74) is 0.505. The summed E-state index contributed by atoms with van der Waals surface area (Å²) in [5.74, 6) is 1.72. The molecule has 1 N–H and O–H groups in total. The van der Waals surface area contributed by atoms with E-state index < -0.39 is 0 Å². The maximum Gasteiger partial charge on any atom is 0.00502 e. The summed E-state index contributed by atoms with van der Waals surface area (Å²) in [6, 6.07) is 0.601. The van der Waals surface area contributed by atoms with E-state index in [0.717, 1.165) is 11.8 Å². The third-order valence-electron chi connectivity index (χ3n) is 5.34. The van der Waals surface area contributed by atoms with Gasteiger partial charge in [0.15, 0.2) is 0 Å². The number of nitrogens with one attached hydrogen (secondary N) is 1. The van der Waals surface area contributed by atoms with Crippen molar-refractivity contribution >= 4 is 0 Å². The van der Waals surface area contributed by atoms with Crippen molar-refractivity contribution in [2.75, 3.05) is 26.2 Å². The molecule has 0 bridgehead atoms. The second-order valence-electron chi connectivity index (χ2n) is 8.08. The van der Waals surface area contributed by atoms with Crippen molar-refractivity contribution in [3.05, 3.63) is 0 Å². The molecule has 0 heterocycles. The molecule has 3 unspecified atom stereocenters. The highest BCUT2D eigenvalue weighted by Gasteiger charge is 2.36. The Morgan fingerprint density at radius 2 is 1.95 bits per heavy atom. The summed E-state index contributed by atoms with van der Waals surface area (Å²) in [7, 11) is 0. The fourth-order valence-corrected chi connectivity index (χ4v) is 3.90. The first-order valence-corrected chi connectivity index (χ1v) is 9.36. The van der Waals surface area contributed by atoms with E-state index in [1.807, 2.05) is 0 Å². The number of hydrogen-bond donors (Lipinski definition) is 1. The maximum absolute atomic E-state index is 3.75. The third-order valence-corrected chi connectivity index (χ3v) is 5.34. The summed E-state index contributed by atoms with van der Waals surface area (Å²) in [6.07, 6.45) is 6.96. The van der Waals surface area contributed by atoms with Gasteiger partial charge in [-0.05, 0) is 36.6 Å². The normalized spacial score (nSPS) is 28.3. The molecule has 21 heavy (non-hydrogen) atoms. The molecule has 1 aliphatic rings. The van der Waals surface area contributed by atoms with Gasteiger partial charge in [-0.3, -0.25) is 0 Å². The molecule has 1 fully saturated rings. The molecule has 0 spiro atoms. The van der Waals surface area contributed by atoms with Crippen LogP contribution in [-0.4, -0.2) is 37.1 Å². The zero-order valence-electron chi connectivity index (χ0n) is 15.5. The van der Waals surface area contributed by atoms with Crippen LogP contribution < -0.4 is 5.32 Å². The smallest absolute Gasteiger partial charge is 0.00502 e. The Morgan fingerprint density at radius 3 is 2.48 bits per heavy atom. The minimum absolute atomic E-state index is 0.505. The van der Waals surface area contributed by atoms with Gasteiger partial charge in [-0.2, -0.15) is 0 Å². The SMILES string of the molecule is CCC(C)CN(CC)CC1(CNC(C)C)CCCC(C)C1. The van der Waals surface area contributed by atoms with Crippen LogP contribution in [0.1, 0.15) is 73.6 Å². The summed E-state index contributed by atoms with van der Waals surface area (Å²) < 4.78 is 0. The standard InChI is InChI=1S/C19H40N2/c1-7-17(5)13-21(8-2)15-19(14-20-16(3)4)11-9-10-18(6)12-19/h16-18,20H,7-15H2,1-6H3. The molecule has 3 atom stereocenters. The van der Waals surface area contributed by atoms with Crippen LogP contribution in [0.15, 0.2) is 0 Å². The van der Waals surface area contributed by atoms with E-state index in [0.29, 0.717) is 11.5 Å². The summed E-state index contributed by atoms with van der Waals surface area (Å²) >= 11 is 0. The minimum atomic E-state index is 0.505. The van der Waals surface area contributed by atoms with Crippen molar-refractivity contribution in [1.82, 2.24) is 10.2 Å². The first kappa shape index (κ1) is 19.0. The lowest BCUT2D eigenvalue weighted by Crippen LogP contribution is -2.48. The van der Waals surface area contributed by atoms with Crippen molar-refractivity contribution in [3.63, 3.8) is 0 Å². The topological polar surface area (TPSA) is 15.3 Å². The molecule has 126 valence electrons. The summed E-state index contributed by atoms with van der Waals surface area (Å²) in [6.45, 7) is 19.0. The molecule has 0 aromatic heterocycles. The molecule has 0 saturated heterocycles. The average molecular weight is 297 g/mol. The molecule has 2 nitrogen and oxygen atoms in total. The van der Waals surface area contributed by atoms with Gasteiger partial charge in [0.25, 0.3) is 0 Å². The third kappa shape index (κ3) is 6.69. The van der Waals surface area contributed by atoms with Crippen LogP contribution in [0.5, 0.6) is 0 Å². The van der Waals surface area contributed by atoms with E-state index in [9.17, 15) is 0 Å². The predicted molar refractivity (Wildman–Crippen MR) is 94.8 cm³/mol. The highest BCUT2D eigenvalue weighted by atomic mass is 15.1. The quantitative estimate of drug-likeness (QED) is 0.671. The molecule has 0 aromatic carbocycles. The molecular weight excluding hydrogens is 256 g/mol. The van der Waals surface area contributed by atoms with Gasteiger partial charge in [0, 0.05) is 25.7 Å². The molecular formula is C19H40N2. The Labute approximate surface area is 134 Å². The van der Waals surface area contributed by atoms with Crippen LogP contribution in [0.4, 0.5) is 0 Å².